The molecule has 0 aromatic heterocycles. The van der Waals surface area contributed by atoms with E-state index in [0.717, 1.165) is 17.4 Å². The molecule has 134 valence electrons. The van der Waals surface area contributed by atoms with Crippen LogP contribution in [0.3, 0.4) is 0 Å². The van der Waals surface area contributed by atoms with Crippen molar-refractivity contribution in [1.29, 1.82) is 0 Å². The molecular weight excluding hydrogens is 360 g/mol. The molecule has 1 amide bonds. The van der Waals surface area contributed by atoms with Crippen molar-refractivity contribution in [1.82, 2.24) is 5.32 Å². The lowest BCUT2D eigenvalue weighted by Crippen LogP contribution is -2.38. The van der Waals surface area contributed by atoms with Crippen molar-refractivity contribution in [2.45, 2.75) is 13.8 Å². The zero-order chi connectivity index (χ0) is 18.6. The molecule has 0 spiro atoms. The summed E-state index contributed by atoms with van der Waals surface area (Å²) in [5.41, 5.74) is 2.91. The molecule has 0 fully saturated rings. The maximum absolute atomic E-state index is 12.1. The molecule has 5 nitrogen and oxygen atoms in total. The van der Waals surface area contributed by atoms with E-state index in [0.29, 0.717) is 16.3 Å². The van der Waals surface area contributed by atoms with Crippen LogP contribution in [0.5, 0.6) is 0 Å². The van der Waals surface area contributed by atoms with E-state index in [4.69, 9.17) is 11.6 Å². The fraction of sp³-hybridized carbons (Fsp3) is 0.278. The zero-order valence-corrected chi connectivity index (χ0v) is 16.0. The summed E-state index contributed by atoms with van der Waals surface area (Å²) < 4.78 is 25.5. The van der Waals surface area contributed by atoms with Gasteiger partial charge in [0.1, 0.15) is 0 Å². The van der Waals surface area contributed by atoms with Crippen LogP contribution in [-0.2, 0) is 10.0 Å². The normalized spacial score (nSPS) is 11.2. The Kier molecular flexibility index (Phi) is 6.08. The van der Waals surface area contributed by atoms with Crippen LogP contribution in [0.1, 0.15) is 21.5 Å². The minimum atomic E-state index is -3.48. The minimum Gasteiger partial charge on any atom is -0.350 e. The van der Waals surface area contributed by atoms with Crippen molar-refractivity contribution in [3.05, 3.63) is 64.2 Å². The van der Waals surface area contributed by atoms with Gasteiger partial charge in [-0.3, -0.25) is 9.10 Å². The number of nitrogens with zero attached hydrogens (tertiary/aromatic N) is 1. The molecule has 0 radical (unpaired) electrons. The van der Waals surface area contributed by atoms with Gasteiger partial charge in [0.25, 0.3) is 5.91 Å². The summed E-state index contributed by atoms with van der Waals surface area (Å²) in [6.07, 6.45) is 1.14. The summed E-state index contributed by atoms with van der Waals surface area (Å²) in [5.74, 6) is -0.235. The maximum atomic E-state index is 12.1. The van der Waals surface area contributed by atoms with Crippen molar-refractivity contribution in [3.63, 3.8) is 0 Å². The number of amides is 1. The molecule has 2 rings (SSSR count). The molecule has 0 heterocycles. The number of carbonyl (C=O) groups excluding carboxylic acids is 1. The minimum absolute atomic E-state index is 0.138. The number of halogens is 1. The highest BCUT2D eigenvalue weighted by atomic mass is 35.5. The molecule has 0 unspecified atom stereocenters. The molecule has 25 heavy (non-hydrogen) atoms. The van der Waals surface area contributed by atoms with E-state index in [1.165, 1.54) is 4.31 Å². The molecule has 0 atom stereocenters. The van der Waals surface area contributed by atoms with E-state index in [1.807, 2.05) is 19.1 Å². The van der Waals surface area contributed by atoms with Gasteiger partial charge in [0.2, 0.25) is 10.0 Å². The van der Waals surface area contributed by atoms with Gasteiger partial charge in [-0.05, 0) is 49.7 Å². The number of aryl methyl sites for hydroxylation is 2. The van der Waals surface area contributed by atoms with Crippen LogP contribution >= 0.6 is 11.6 Å². The van der Waals surface area contributed by atoms with E-state index < -0.39 is 10.0 Å². The van der Waals surface area contributed by atoms with Gasteiger partial charge in [-0.1, -0.05) is 29.3 Å². The standard InChI is InChI=1S/C18H21ClN2O3S/c1-13-4-6-15(7-5-13)18(22)20-10-11-21(25(3,23)24)17-9-8-16(19)12-14(17)2/h4-9,12H,10-11H2,1-3H3,(H,20,22). The Morgan fingerprint density at radius 3 is 2.32 bits per heavy atom. The van der Waals surface area contributed by atoms with E-state index in [9.17, 15) is 13.2 Å². The first-order chi connectivity index (χ1) is 11.7. The second-order valence-electron chi connectivity index (χ2n) is 5.89. The zero-order valence-electron chi connectivity index (χ0n) is 14.4. The van der Waals surface area contributed by atoms with Crippen LogP contribution in [0.4, 0.5) is 5.69 Å². The predicted octanol–water partition coefficient (Wildman–Crippen LogP) is 3.15. The number of anilines is 1. The van der Waals surface area contributed by atoms with Crippen molar-refractivity contribution >= 4 is 33.2 Å². The molecule has 0 saturated carbocycles. The molecule has 2 aromatic carbocycles. The summed E-state index contributed by atoms with van der Waals surface area (Å²) in [7, 11) is -3.48. The highest BCUT2D eigenvalue weighted by molar-refractivity contribution is 7.92. The lowest BCUT2D eigenvalue weighted by atomic mass is 10.1. The summed E-state index contributed by atoms with van der Waals surface area (Å²) in [4.78, 5) is 12.1. The Hall–Kier alpha value is -2.05. The van der Waals surface area contributed by atoms with E-state index in [-0.39, 0.29) is 19.0 Å². The number of hydrogen-bond donors (Lipinski definition) is 1. The van der Waals surface area contributed by atoms with Crippen LogP contribution in [0, 0.1) is 13.8 Å². The Morgan fingerprint density at radius 2 is 1.76 bits per heavy atom. The third kappa shape index (κ3) is 5.21. The fourth-order valence-electron chi connectivity index (χ4n) is 2.44. The molecular formula is C18H21ClN2O3S. The molecule has 0 bridgehead atoms. The summed E-state index contributed by atoms with van der Waals surface area (Å²) in [6.45, 7) is 4.07. The van der Waals surface area contributed by atoms with Crippen molar-refractivity contribution < 1.29 is 13.2 Å². The number of rotatable bonds is 6. The largest absolute Gasteiger partial charge is 0.350 e. The summed E-state index contributed by atoms with van der Waals surface area (Å²) in [5, 5.41) is 3.29. The SMILES string of the molecule is Cc1ccc(C(=O)NCCN(c2ccc(Cl)cc2C)S(C)(=O)=O)cc1. The maximum Gasteiger partial charge on any atom is 0.251 e. The topological polar surface area (TPSA) is 66.5 Å². The highest BCUT2D eigenvalue weighted by Gasteiger charge is 2.19. The molecule has 0 aliphatic carbocycles. The first kappa shape index (κ1) is 19.3. The first-order valence-electron chi connectivity index (χ1n) is 7.77. The molecule has 7 heteroatoms. The predicted molar refractivity (Wildman–Crippen MR) is 102 cm³/mol. The quantitative estimate of drug-likeness (QED) is 0.837. The van der Waals surface area contributed by atoms with Crippen LogP contribution < -0.4 is 9.62 Å². The fourth-order valence-corrected chi connectivity index (χ4v) is 3.65. The van der Waals surface area contributed by atoms with Gasteiger partial charge in [-0.2, -0.15) is 0 Å². The van der Waals surface area contributed by atoms with Gasteiger partial charge in [0.05, 0.1) is 18.5 Å². The van der Waals surface area contributed by atoms with Gasteiger partial charge in [0.15, 0.2) is 0 Å². The average molecular weight is 381 g/mol. The Balaban J connectivity index is 2.08. The number of carbonyl (C=O) groups is 1. The van der Waals surface area contributed by atoms with Crippen LogP contribution in [0.15, 0.2) is 42.5 Å². The second-order valence-corrected chi connectivity index (χ2v) is 8.23. The molecule has 1 N–H and O–H groups in total. The third-order valence-electron chi connectivity index (χ3n) is 3.74. The number of sulfonamides is 1. The lowest BCUT2D eigenvalue weighted by molar-refractivity contribution is 0.0955. The second kappa shape index (κ2) is 7.89. The van der Waals surface area contributed by atoms with Crippen molar-refractivity contribution in [2.24, 2.45) is 0 Å². The average Bonchev–Trinajstić information content (AvgIpc) is 2.52. The smallest absolute Gasteiger partial charge is 0.251 e. The molecule has 0 aliphatic rings. The van der Waals surface area contributed by atoms with Gasteiger partial charge < -0.3 is 5.32 Å². The monoisotopic (exact) mass is 380 g/mol. The molecule has 0 saturated heterocycles. The summed E-state index contributed by atoms with van der Waals surface area (Å²) >= 11 is 5.94. The Bertz CT molecular complexity index is 864. The third-order valence-corrected chi connectivity index (χ3v) is 5.16. The summed E-state index contributed by atoms with van der Waals surface area (Å²) in [6, 6.07) is 12.2. The van der Waals surface area contributed by atoms with Gasteiger partial charge >= 0.3 is 0 Å². The van der Waals surface area contributed by atoms with E-state index >= 15 is 0 Å². The number of benzene rings is 2. The molecule has 0 aliphatic heterocycles. The highest BCUT2D eigenvalue weighted by Crippen LogP contribution is 2.25. The van der Waals surface area contributed by atoms with Crippen LogP contribution in [0.25, 0.3) is 0 Å². The van der Waals surface area contributed by atoms with Crippen molar-refractivity contribution in [3.8, 4) is 0 Å². The van der Waals surface area contributed by atoms with Gasteiger partial charge in [0, 0.05) is 17.1 Å². The number of hydrogen-bond acceptors (Lipinski definition) is 3. The van der Waals surface area contributed by atoms with E-state index in [2.05, 4.69) is 5.32 Å². The van der Waals surface area contributed by atoms with Crippen molar-refractivity contribution in [2.75, 3.05) is 23.7 Å². The lowest BCUT2D eigenvalue weighted by Gasteiger charge is -2.24. The van der Waals surface area contributed by atoms with Crippen LogP contribution in [0.2, 0.25) is 5.02 Å². The van der Waals surface area contributed by atoms with E-state index in [1.54, 1.807) is 37.3 Å². The van der Waals surface area contributed by atoms with Gasteiger partial charge in [-0.25, -0.2) is 8.42 Å². The first-order valence-corrected chi connectivity index (χ1v) is 10.00. The number of nitrogens with one attached hydrogen (secondary N) is 1. The Morgan fingerprint density at radius 1 is 1.12 bits per heavy atom. The van der Waals surface area contributed by atoms with Crippen LogP contribution in [-0.4, -0.2) is 33.7 Å². The van der Waals surface area contributed by atoms with Gasteiger partial charge in [-0.15, -0.1) is 0 Å². The molecule has 2 aromatic rings. The Labute approximate surface area is 153 Å².